The van der Waals surface area contributed by atoms with E-state index in [0.29, 0.717) is 30.6 Å². The van der Waals surface area contributed by atoms with Gasteiger partial charge in [-0.05, 0) is 79.4 Å². The molecule has 1 spiro atoms. The zero-order valence-electron chi connectivity index (χ0n) is 26.8. The largest absolute Gasteiger partial charge is 0.469 e. The molecule has 0 heterocycles. The van der Waals surface area contributed by atoms with Crippen LogP contribution in [0.15, 0.2) is 0 Å². The van der Waals surface area contributed by atoms with Gasteiger partial charge in [-0.2, -0.15) is 0 Å². The summed E-state index contributed by atoms with van der Waals surface area (Å²) >= 11 is 1.26. The highest BCUT2D eigenvalue weighted by Crippen LogP contribution is 2.72. The Morgan fingerprint density at radius 3 is 2.43 bits per heavy atom. The molecule has 13 heteroatoms. The summed E-state index contributed by atoms with van der Waals surface area (Å²) in [5.74, 6) is 1.35. The normalized spacial score (nSPS) is 37.4. The van der Waals surface area contributed by atoms with Crippen molar-refractivity contribution in [3.8, 4) is 0 Å². The van der Waals surface area contributed by atoms with Gasteiger partial charge in [-0.15, -0.1) is 0 Å². The van der Waals surface area contributed by atoms with Crippen LogP contribution in [0, 0.1) is 45.3 Å². The van der Waals surface area contributed by atoms with E-state index in [4.69, 9.17) is 9.79 Å². The molecule has 44 heavy (non-hydrogen) atoms. The molecule has 252 valence electrons. The average Bonchev–Trinajstić information content (AvgIpc) is 2.95. The maximum absolute atomic E-state index is 13.8. The van der Waals surface area contributed by atoms with E-state index in [1.54, 1.807) is 0 Å². The molecule has 1 unspecified atom stereocenters. The van der Waals surface area contributed by atoms with Crippen LogP contribution in [0.5, 0.6) is 0 Å². The first-order valence-corrected chi connectivity index (χ1v) is 18.7. The third-order valence-electron chi connectivity index (χ3n) is 12.0. The number of carbonyl (C=O) groups excluding carboxylic acids is 3. The Kier molecular flexibility index (Phi) is 10.8. The van der Waals surface area contributed by atoms with Crippen molar-refractivity contribution in [1.82, 2.24) is 10.6 Å². The van der Waals surface area contributed by atoms with E-state index in [9.17, 15) is 29.2 Å². The molecule has 5 aliphatic rings. The summed E-state index contributed by atoms with van der Waals surface area (Å²) in [4.78, 5) is 56.1. The van der Waals surface area contributed by atoms with Crippen LogP contribution in [-0.2, 0) is 23.5 Å². The van der Waals surface area contributed by atoms with Crippen molar-refractivity contribution >= 4 is 36.5 Å². The number of aliphatic hydroxyl groups excluding tert-OH is 2. The number of rotatable bonds is 12. The van der Waals surface area contributed by atoms with E-state index in [-0.39, 0.29) is 46.8 Å². The van der Waals surface area contributed by atoms with Crippen molar-refractivity contribution in [3.63, 3.8) is 0 Å². The van der Waals surface area contributed by atoms with Gasteiger partial charge in [0.2, 0.25) is 11.8 Å². The molecule has 9 atom stereocenters. The lowest BCUT2D eigenvalue weighted by Gasteiger charge is -2.70. The molecule has 0 aromatic heterocycles. The number of hydrogen-bond donors (Lipinski definition) is 6. The lowest BCUT2D eigenvalue weighted by Crippen LogP contribution is -2.66. The van der Waals surface area contributed by atoms with E-state index in [2.05, 4.69) is 35.9 Å². The van der Waals surface area contributed by atoms with Crippen LogP contribution < -0.4 is 10.6 Å². The summed E-state index contributed by atoms with van der Waals surface area (Å²) < 4.78 is 15.4. The number of phosphoric ester groups is 1. The molecule has 0 radical (unpaired) electrons. The van der Waals surface area contributed by atoms with Crippen LogP contribution in [0.2, 0.25) is 0 Å². The second-order valence-corrected chi connectivity index (χ2v) is 17.6. The first-order valence-electron chi connectivity index (χ1n) is 16.1. The van der Waals surface area contributed by atoms with Gasteiger partial charge in [0.15, 0.2) is 5.12 Å². The third-order valence-corrected chi connectivity index (χ3v) is 13.6. The minimum Gasteiger partial charge on any atom is -0.393 e. The fraction of sp³-hybridized carbons (Fsp3) is 0.903. The molecule has 0 aromatic carbocycles. The van der Waals surface area contributed by atoms with Crippen molar-refractivity contribution in [2.75, 3.05) is 25.4 Å². The van der Waals surface area contributed by atoms with Gasteiger partial charge >= 0.3 is 7.82 Å². The number of phosphoric acid groups is 1. The second-order valence-electron chi connectivity index (χ2n) is 15.3. The van der Waals surface area contributed by atoms with E-state index in [1.165, 1.54) is 38.5 Å². The summed E-state index contributed by atoms with van der Waals surface area (Å²) in [6.45, 7) is 9.45. The first kappa shape index (κ1) is 35.8. The first-order chi connectivity index (χ1) is 20.4. The van der Waals surface area contributed by atoms with E-state index in [0.717, 1.165) is 38.0 Å². The van der Waals surface area contributed by atoms with Crippen molar-refractivity contribution < 1.29 is 43.5 Å². The van der Waals surface area contributed by atoms with Crippen LogP contribution >= 0.6 is 19.6 Å². The van der Waals surface area contributed by atoms with Crippen LogP contribution in [0.3, 0.4) is 0 Å². The number of aliphatic hydroxyl groups is 2. The number of thioether (sulfide) groups is 1. The molecule has 2 amide bonds. The number of nitrogens with one attached hydrogen (secondary N) is 2. The van der Waals surface area contributed by atoms with Crippen LogP contribution in [-0.4, -0.2) is 74.6 Å². The van der Waals surface area contributed by atoms with Gasteiger partial charge in [-0.25, -0.2) is 4.57 Å². The Morgan fingerprint density at radius 2 is 1.77 bits per heavy atom. The maximum atomic E-state index is 13.8. The number of carbonyl (C=O) groups is 3. The van der Waals surface area contributed by atoms with Gasteiger partial charge < -0.3 is 30.6 Å². The van der Waals surface area contributed by atoms with Crippen LogP contribution in [0.4, 0.5) is 0 Å². The fourth-order valence-electron chi connectivity index (χ4n) is 9.50. The lowest BCUT2D eigenvalue weighted by atomic mass is 9.35. The smallest absolute Gasteiger partial charge is 0.393 e. The van der Waals surface area contributed by atoms with Crippen molar-refractivity contribution in [3.05, 3.63) is 0 Å². The highest BCUT2D eigenvalue weighted by Gasteiger charge is 2.68. The summed E-state index contributed by atoms with van der Waals surface area (Å²) in [6.07, 6.45) is 6.29. The number of amides is 2. The zero-order chi connectivity index (χ0) is 32.7. The minimum atomic E-state index is -4.75. The van der Waals surface area contributed by atoms with Gasteiger partial charge in [0.25, 0.3) is 0 Å². The third kappa shape index (κ3) is 7.11. The summed E-state index contributed by atoms with van der Waals surface area (Å²) in [6, 6.07) is 0. The molecule has 5 rings (SSSR count). The molecule has 5 saturated carbocycles. The van der Waals surface area contributed by atoms with E-state index >= 15 is 0 Å². The van der Waals surface area contributed by atoms with E-state index < -0.39 is 37.3 Å². The molecule has 0 aliphatic heterocycles. The Hall–Kier alpha value is -1.01. The second kappa shape index (κ2) is 13.2. The fourth-order valence-corrected chi connectivity index (χ4v) is 11.0. The lowest BCUT2D eigenvalue weighted by molar-refractivity contribution is -0.236. The minimum absolute atomic E-state index is 0.00593. The summed E-state index contributed by atoms with van der Waals surface area (Å²) in [5.41, 5.74) is -1.72. The van der Waals surface area contributed by atoms with Crippen LogP contribution in [0.25, 0.3) is 0 Å². The van der Waals surface area contributed by atoms with Gasteiger partial charge in [-0.3, -0.25) is 18.9 Å². The molecular formula is C31H53N2O9PS. The molecule has 5 fully saturated rings. The average molecular weight is 661 g/mol. The predicted octanol–water partition coefficient (Wildman–Crippen LogP) is 3.38. The molecule has 11 nitrogen and oxygen atoms in total. The monoisotopic (exact) mass is 660 g/mol. The quantitative estimate of drug-likeness (QED) is 0.134. The SMILES string of the molecule is CC1C[C@]23CC[C@H]1C[C@H]2[C@]1(C)CCC[C@@](C)(C(=O)SCCNC(=O)CCNC(=O)[C@H](O)C(C)(C)COP(=O)(O)O)[C@H]1C[C@H]3O. The Labute approximate surface area is 265 Å². The number of hydrogen-bond acceptors (Lipinski definition) is 8. The maximum Gasteiger partial charge on any atom is 0.469 e. The summed E-state index contributed by atoms with van der Waals surface area (Å²) in [5, 5.41) is 27.3. The highest BCUT2D eigenvalue weighted by atomic mass is 32.2. The van der Waals surface area contributed by atoms with Crippen molar-refractivity contribution in [1.29, 1.82) is 0 Å². The molecular weight excluding hydrogens is 607 g/mol. The van der Waals surface area contributed by atoms with Gasteiger partial charge in [0.05, 0.1) is 12.7 Å². The zero-order valence-corrected chi connectivity index (χ0v) is 28.6. The topological polar surface area (TPSA) is 182 Å². The molecule has 0 aromatic rings. The Bertz CT molecular complexity index is 1150. The molecule has 5 aliphatic carbocycles. The highest BCUT2D eigenvalue weighted by molar-refractivity contribution is 8.13. The van der Waals surface area contributed by atoms with Gasteiger partial charge in [-0.1, -0.05) is 52.8 Å². The molecule has 6 N–H and O–H groups in total. The summed E-state index contributed by atoms with van der Waals surface area (Å²) in [7, 11) is -4.75. The van der Waals surface area contributed by atoms with Gasteiger partial charge in [0, 0.05) is 36.1 Å². The predicted molar refractivity (Wildman–Crippen MR) is 167 cm³/mol. The molecule has 0 saturated heterocycles. The van der Waals surface area contributed by atoms with Gasteiger partial charge in [0.1, 0.15) is 6.10 Å². The van der Waals surface area contributed by atoms with Crippen molar-refractivity contribution in [2.45, 2.75) is 105 Å². The Morgan fingerprint density at radius 1 is 1.07 bits per heavy atom. The van der Waals surface area contributed by atoms with Crippen LogP contribution in [0.1, 0.15) is 92.4 Å². The van der Waals surface area contributed by atoms with E-state index in [1.807, 2.05) is 0 Å². The van der Waals surface area contributed by atoms with Crippen molar-refractivity contribution in [2.24, 2.45) is 45.3 Å². The molecule has 2 bridgehead atoms. The number of fused-ring (bicyclic) bond motifs is 3. The Balaban J connectivity index is 1.22. The standard InChI is InChI=1S/C31H53N2O9PS/c1-19-17-31-11-7-20(19)15-22(31)29(4)9-6-10-30(5,21(29)16-23(31)34)27(38)44-14-13-32-24(35)8-12-33-26(37)25(36)28(2,3)18-42-43(39,40)41/h19-23,25,34,36H,6-18H2,1-5H3,(H,32,35)(H,33,37)(H2,39,40,41)/t19?,20-,21-,22-,23+,25-,29+,30+,31+/m0/s1.